The number of aromatic nitrogens is 3. The van der Waals surface area contributed by atoms with Crippen molar-refractivity contribution >= 4 is 17.5 Å². The highest BCUT2D eigenvalue weighted by atomic mass is 16.5. The Morgan fingerprint density at radius 2 is 2.00 bits per heavy atom. The first kappa shape index (κ1) is 18.1. The van der Waals surface area contributed by atoms with Crippen molar-refractivity contribution in [3.63, 3.8) is 0 Å². The van der Waals surface area contributed by atoms with Crippen molar-refractivity contribution in [1.82, 2.24) is 19.9 Å². The summed E-state index contributed by atoms with van der Waals surface area (Å²) in [6.07, 6.45) is 1.40. The number of hydrogen-bond acceptors (Lipinski definition) is 7. The van der Waals surface area contributed by atoms with Crippen molar-refractivity contribution in [3.05, 3.63) is 65.6 Å². The van der Waals surface area contributed by atoms with Gasteiger partial charge in [0, 0.05) is 19.7 Å². The zero-order valence-corrected chi connectivity index (χ0v) is 15.8. The number of carbonyl (C=O) groups excluding carboxylic acids is 1. The molecule has 0 radical (unpaired) electrons. The summed E-state index contributed by atoms with van der Waals surface area (Å²) in [5.41, 5.74) is 1.36. The second-order valence-corrected chi connectivity index (χ2v) is 6.55. The van der Waals surface area contributed by atoms with E-state index in [0.29, 0.717) is 42.9 Å². The quantitative estimate of drug-likeness (QED) is 0.745. The van der Waals surface area contributed by atoms with Gasteiger partial charge in [-0.05, 0) is 31.2 Å². The maximum absolute atomic E-state index is 12.8. The van der Waals surface area contributed by atoms with Crippen LogP contribution < -0.4 is 5.32 Å². The molecule has 1 saturated heterocycles. The van der Waals surface area contributed by atoms with Gasteiger partial charge in [0.2, 0.25) is 5.76 Å². The lowest BCUT2D eigenvalue weighted by Gasteiger charge is -2.32. The number of carbonyl (C=O) groups is 1. The zero-order valence-electron chi connectivity index (χ0n) is 15.8. The van der Waals surface area contributed by atoms with Crippen LogP contribution >= 0.6 is 0 Å². The van der Waals surface area contributed by atoms with Crippen molar-refractivity contribution < 1.29 is 13.9 Å². The molecule has 4 heterocycles. The zero-order chi connectivity index (χ0) is 19.5. The van der Waals surface area contributed by atoms with Crippen LogP contribution in [-0.4, -0.2) is 45.5 Å². The molecule has 8 nitrogen and oxygen atoms in total. The second-order valence-electron chi connectivity index (χ2n) is 6.55. The van der Waals surface area contributed by atoms with Crippen LogP contribution in [0.3, 0.4) is 0 Å². The Bertz CT molecular complexity index is 973. The Labute approximate surface area is 162 Å². The summed E-state index contributed by atoms with van der Waals surface area (Å²) >= 11 is 0. The van der Waals surface area contributed by atoms with Gasteiger partial charge < -0.3 is 19.4 Å². The first-order chi connectivity index (χ1) is 13.6. The predicted molar refractivity (Wildman–Crippen MR) is 102 cm³/mol. The fourth-order valence-electron chi connectivity index (χ4n) is 3.15. The number of oxazole rings is 1. The Balaban J connectivity index is 1.49. The van der Waals surface area contributed by atoms with E-state index in [0.717, 1.165) is 5.69 Å². The van der Waals surface area contributed by atoms with Crippen molar-refractivity contribution in [3.8, 4) is 0 Å². The highest BCUT2D eigenvalue weighted by Gasteiger charge is 2.30. The number of anilines is 2. The molecule has 3 aromatic heterocycles. The minimum atomic E-state index is -0.312. The monoisotopic (exact) mass is 379 g/mol. The van der Waals surface area contributed by atoms with Gasteiger partial charge in [0.25, 0.3) is 5.91 Å². The molecule has 0 unspecified atom stereocenters. The Morgan fingerprint density at radius 1 is 1.14 bits per heavy atom. The maximum atomic E-state index is 12.8. The van der Waals surface area contributed by atoms with Crippen LogP contribution in [0.5, 0.6) is 0 Å². The molecule has 1 aliphatic heterocycles. The number of hydrogen-bond donors (Lipinski definition) is 1. The van der Waals surface area contributed by atoms with E-state index in [1.807, 2.05) is 36.4 Å². The fourth-order valence-corrected chi connectivity index (χ4v) is 3.15. The summed E-state index contributed by atoms with van der Waals surface area (Å²) in [4.78, 5) is 27.6. The third-order valence-corrected chi connectivity index (χ3v) is 4.47. The summed E-state index contributed by atoms with van der Waals surface area (Å²) in [7, 11) is 0. The molecule has 0 aromatic carbocycles. The third kappa shape index (κ3) is 3.86. The van der Waals surface area contributed by atoms with E-state index in [9.17, 15) is 4.79 Å². The SMILES string of the molecule is Cc1nc(C)c(C(=O)N2CCO[C@@H](c3cccc(Nc4ccccn4)n3)C2)o1. The molecule has 4 rings (SSSR count). The number of rotatable bonds is 4. The number of pyridine rings is 2. The minimum absolute atomic E-state index is 0.172. The Kier molecular flexibility index (Phi) is 5.03. The van der Waals surface area contributed by atoms with Gasteiger partial charge >= 0.3 is 0 Å². The van der Waals surface area contributed by atoms with Crippen LogP contribution in [0.1, 0.15) is 33.9 Å². The average molecular weight is 379 g/mol. The molecule has 1 atom stereocenters. The molecule has 3 aromatic rings. The number of amides is 1. The Hall–Kier alpha value is -3.26. The van der Waals surface area contributed by atoms with Gasteiger partial charge in [0.15, 0.2) is 5.89 Å². The Morgan fingerprint density at radius 3 is 2.75 bits per heavy atom. The average Bonchev–Trinajstić information content (AvgIpc) is 3.06. The lowest BCUT2D eigenvalue weighted by molar-refractivity contribution is -0.0256. The highest BCUT2D eigenvalue weighted by molar-refractivity contribution is 5.92. The van der Waals surface area contributed by atoms with Crippen LogP contribution in [0.15, 0.2) is 47.0 Å². The van der Waals surface area contributed by atoms with Crippen LogP contribution in [0.2, 0.25) is 0 Å². The van der Waals surface area contributed by atoms with E-state index >= 15 is 0 Å². The molecular formula is C20H21N5O3. The van der Waals surface area contributed by atoms with E-state index in [1.54, 1.807) is 24.9 Å². The first-order valence-electron chi connectivity index (χ1n) is 9.10. The molecule has 0 bridgehead atoms. The van der Waals surface area contributed by atoms with Crippen molar-refractivity contribution in [2.45, 2.75) is 20.0 Å². The van der Waals surface area contributed by atoms with Crippen LogP contribution in [0.25, 0.3) is 0 Å². The van der Waals surface area contributed by atoms with E-state index < -0.39 is 0 Å². The van der Waals surface area contributed by atoms with Gasteiger partial charge in [0.05, 0.1) is 24.5 Å². The summed E-state index contributed by atoms with van der Waals surface area (Å²) in [5, 5.41) is 3.17. The summed E-state index contributed by atoms with van der Waals surface area (Å²) in [6.45, 7) is 4.84. The van der Waals surface area contributed by atoms with Crippen LogP contribution in [-0.2, 0) is 4.74 Å². The molecule has 1 aliphatic rings. The van der Waals surface area contributed by atoms with E-state index in [-0.39, 0.29) is 17.8 Å². The number of aryl methyl sites for hydroxylation is 2. The second kappa shape index (κ2) is 7.77. The summed E-state index contributed by atoms with van der Waals surface area (Å²) in [6, 6.07) is 11.3. The molecule has 8 heteroatoms. The van der Waals surface area contributed by atoms with Crippen LogP contribution in [0.4, 0.5) is 11.6 Å². The summed E-state index contributed by atoms with van der Waals surface area (Å²) < 4.78 is 11.4. The summed E-state index contributed by atoms with van der Waals surface area (Å²) in [5.74, 6) is 1.99. The number of morpholine rings is 1. The first-order valence-corrected chi connectivity index (χ1v) is 9.10. The molecule has 0 aliphatic carbocycles. The molecule has 0 saturated carbocycles. The number of nitrogens with one attached hydrogen (secondary N) is 1. The van der Waals surface area contributed by atoms with Gasteiger partial charge in [0.1, 0.15) is 17.7 Å². The van der Waals surface area contributed by atoms with Crippen molar-refractivity contribution in [1.29, 1.82) is 0 Å². The smallest absolute Gasteiger partial charge is 0.291 e. The van der Waals surface area contributed by atoms with Crippen molar-refractivity contribution in [2.75, 3.05) is 25.0 Å². The third-order valence-electron chi connectivity index (χ3n) is 4.47. The van der Waals surface area contributed by atoms with Gasteiger partial charge in [-0.2, -0.15) is 0 Å². The van der Waals surface area contributed by atoms with E-state index in [2.05, 4.69) is 20.3 Å². The lowest BCUT2D eigenvalue weighted by atomic mass is 10.1. The molecule has 1 fully saturated rings. The van der Waals surface area contributed by atoms with Gasteiger partial charge in [-0.25, -0.2) is 15.0 Å². The minimum Gasteiger partial charge on any atom is -0.436 e. The lowest BCUT2D eigenvalue weighted by Crippen LogP contribution is -2.42. The number of nitrogens with zero attached hydrogens (tertiary/aromatic N) is 4. The topological polar surface area (TPSA) is 93.4 Å². The van der Waals surface area contributed by atoms with Crippen molar-refractivity contribution in [2.24, 2.45) is 0 Å². The van der Waals surface area contributed by atoms with E-state index in [4.69, 9.17) is 9.15 Å². The highest BCUT2D eigenvalue weighted by Crippen LogP contribution is 2.24. The standard InChI is InChI=1S/C20H21N5O3/c1-13-19(28-14(2)22-13)20(26)25-10-11-27-16(12-25)15-6-5-8-18(23-15)24-17-7-3-4-9-21-17/h3-9,16H,10-12H2,1-2H3,(H,21,23,24)/t16-/m1/s1. The normalized spacial score (nSPS) is 16.8. The number of ether oxygens (including phenoxy) is 1. The molecule has 0 spiro atoms. The predicted octanol–water partition coefficient (Wildman–Crippen LogP) is 3.04. The fraction of sp³-hybridized carbons (Fsp3) is 0.300. The van der Waals surface area contributed by atoms with Gasteiger partial charge in [-0.3, -0.25) is 4.79 Å². The molecule has 1 amide bonds. The molecule has 144 valence electrons. The molecule has 28 heavy (non-hydrogen) atoms. The van der Waals surface area contributed by atoms with Gasteiger partial charge in [-0.15, -0.1) is 0 Å². The largest absolute Gasteiger partial charge is 0.436 e. The molecular weight excluding hydrogens is 358 g/mol. The van der Waals surface area contributed by atoms with Gasteiger partial charge in [-0.1, -0.05) is 12.1 Å². The molecule has 1 N–H and O–H groups in total. The maximum Gasteiger partial charge on any atom is 0.291 e. The van der Waals surface area contributed by atoms with Crippen LogP contribution in [0, 0.1) is 13.8 Å². The van der Waals surface area contributed by atoms with E-state index in [1.165, 1.54) is 0 Å².